The second-order valence-corrected chi connectivity index (χ2v) is 11.4. The maximum atomic E-state index is 11.2. The van der Waals surface area contributed by atoms with E-state index in [1.54, 1.807) is 0 Å². The summed E-state index contributed by atoms with van der Waals surface area (Å²) in [6.45, 7) is 7.16. The van der Waals surface area contributed by atoms with Crippen LogP contribution in [0.15, 0.2) is 0 Å². The lowest BCUT2D eigenvalue weighted by atomic mass is 9.43. The van der Waals surface area contributed by atoms with Crippen LogP contribution >= 0.6 is 0 Å². The number of carboxylic acids is 1. The van der Waals surface area contributed by atoms with Crippen molar-refractivity contribution in [2.24, 2.45) is 46.3 Å². The molecule has 4 aliphatic carbocycles. The van der Waals surface area contributed by atoms with Gasteiger partial charge in [0.05, 0.1) is 12.2 Å². The third kappa shape index (κ3) is 3.14. The van der Waals surface area contributed by atoms with Crippen LogP contribution in [0.5, 0.6) is 0 Å². The van der Waals surface area contributed by atoms with Gasteiger partial charge in [0.25, 0.3) is 0 Å². The first-order valence-corrected chi connectivity index (χ1v) is 11.7. The van der Waals surface area contributed by atoms with Gasteiger partial charge in [-0.3, -0.25) is 4.79 Å². The topological polar surface area (TPSA) is 77.8 Å². The van der Waals surface area contributed by atoms with E-state index in [-0.39, 0.29) is 29.5 Å². The normalized spacial score (nSPS) is 51.7. The smallest absolute Gasteiger partial charge is 0.303 e. The van der Waals surface area contributed by atoms with Gasteiger partial charge in [-0.15, -0.1) is 0 Å². The minimum Gasteiger partial charge on any atom is -0.481 e. The molecule has 10 atom stereocenters. The molecular formula is C24H40O4. The molecule has 0 aromatic rings. The molecule has 0 spiro atoms. The van der Waals surface area contributed by atoms with E-state index in [0.717, 1.165) is 32.1 Å². The van der Waals surface area contributed by atoms with E-state index in [2.05, 4.69) is 20.8 Å². The van der Waals surface area contributed by atoms with Crippen LogP contribution in [0.1, 0.15) is 85.0 Å². The van der Waals surface area contributed by atoms with E-state index in [1.165, 1.54) is 25.7 Å². The van der Waals surface area contributed by atoms with E-state index in [9.17, 15) is 15.0 Å². The molecule has 0 aromatic heterocycles. The van der Waals surface area contributed by atoms with Gasteiger partial charge in [-0.05, 0) is 104 Å². The summed E-state index contributed by atoms with van der Waals surface area (Å²) in [5.74, 6) is 2.36. The van der Waals surface area contributed by atoms with Gasteiger partial charge in [0.2, 0.25) is 0 Å². The lowest BCUT2D eigenvalue weighted by molar-refractivity contribution is -0.174. The van der Waals surface area contributed by atoms with E-state index >= 15 is 0 Å². The van der Waals surface area contributed by atoms with Crippen LogP contribution in [-0.4, -0.2) is 33.5 Å². The standard InChI is InChI=1S/C24H40O4/c1-14(4-7-21(27)28)17-5-6-18-22-19(9-11-24(17,18)3)23(2)10-8-16(25)12-15(23)13-20(22)26/h14-20,22,25-26H,4-13H2,1-3H3,(H,27,28)/t14-,15+,16-,17-,18+,19-,20+,22+,23+,24-/m1/s1. The fourth-order valence-electron chi connectivity index (χ4n) is 8.73. The van der Waals surface area contributed by atoms with Crippen molar-refractivity contribution in [3.8, 4) is 0 Å². The van der Waals surface area contributed by atoms with Gasteiger partial charge in [0.1, 0.15) is 0 Å². The molecule has 0 aliphatic heterocycles. The van der Waals surface area contributed by atoms with Crippen LogP contribution in [0.2, 0.25) is 0 Å². The van der Waals surface area contributed by atoms with Crippen LogP contribution in [0, 0.1) is 46.3 Å². The maximum Gasteiger partial charge on any atom is 0.303 e. The van der Waals surface area contributed by atoms with Gasteiger partial charge in [-0.2, -0.15) is 0 Å². The summed E-state index contributed by atoms with van der Waals surface area (Å²) >= 11 is 0. The Kier molecular flexibility index (Phi) is 5.36. The van der Waals surface area contributed by atoms with Gasteiger partial charge in [0.15, 0.2) is 0 Å². The molecule has 4 saturated carbocycles. The van der Waals surface area contributed by atoms with E-state index in [4.69, 9.17) is 5.11 Å². The largest absolute Gasteiger partial charge is 0.481 e. The SMILES string of the molecule is C[C@H](CCC(=O)O)[C@H]1CC[C@H]2[C@H]3[C@@H](CC[C@]12C)[C@@]1(C)CC[C@@H](O)C[C@H]1C[C@@H]3O. The number of aliphatic hydroxyl groups excluding tert-OH is 2. The minimum absolute atomic E-state index is 0.179. The Bertz CT molecular complexity index is 605. The van der Waals surface area contributed by atoms with Crippen molar-refractivity contribution < 1.29 is 20.1 Å². The monoisotopic (exact) mass is 392 g/mol. The Hall–Kier alpha value is -0.610. The predicted molar refractivity (Wildman–Crippen MR) is 109 cm³/mol. The predicted octanol–water partition coefficient (Wildman–Crippen LogP) is 4.48. The first-order valence-electron chi connectivity index (χ1n) is 11.7. The highest BCUT2D eigenvalue weighted by molar-refractivity contribution is 5.66. The molecule has 0 unspecified atom stereocenters. The number of fused-ring (bicyclic) bond motifs is 5. The van der Waals surface area contributed by atoms with Crippen LogP contribution in [0.3, 0.4) is 0 Å². The summed E-state index contributed by atoms with van der Waals surface area (Å²) < 4.78 is 0. The lowest BCUT2D eigenvalue weighted by Gasteiger charge is -2.62. The van der Waals surface area contributed by atoms with Crippen molar-refractivity contribution in [1.29, 1.82) is 0 Å². The van der Waals surface area contributed by atoms with Gasteiger partial charge in [0, 0.05) is 6.42 Å². The maximum absolute atomic E-state index is 11.2. The minimum atomic E-state index is -0.684. The third-order valence-electron chi connectivity index (χ3n) is 10.2. The van der Waals surface area contributed by atoms with E-state index in [0.29, 0.717) is 35.5 Å². The first kappa shape index (κ1) is 20.7. The molecule has 0 aromatic carbocycles. The van der Waals surface area contributed by atoms with Gasteiger partial charge < -0.3 is 15.3 Å². The number of hydrogen-bond donors (Lipinski definition) is 3. The molecule has 0 heterocycles. The van der Waals surface area contributed by atoms with Crippen LogP contribution in [-0.2, 0) is 4.79 Å². The molecule has 28 heavy (non-hydrogen) atoms. The molecule has 4 rings (SSSR count). The van der Waals surface area contributed by atoms with Crippen LogP contribution in [0.4, 0.5) is 0 Å². The summed E-state index contributed by atoms with van der Waals surface area (Å²) in [4.78, 5) is 11.1. The molecule has 3 N–H and O–H groups in total. The summed E-state index contributed by atoms with van der Waals surface area (Å²) in [6.07, 6.45) is 9.19. The Labute approximate surface area is 170 Å². The van der Waals surface area contributed by atoms with E-state index < -0.39 is 5.97 Å². The zero-order valence-corrected chi connectivity index (χ0v) is 17.9. The van der Waals surface area contributed by atoms with Crippen molar-refractivity contribution in [3.63, 3.8) is 0 Å². The summed E-state index contributed by atoms with van der Waals surface area (Å²) in [6, 6.07) is 0. The van der Waals surface area contributed by atoms with Gasteiger partial charge >= 0.3 is 5.97 Å². The second kappa shape index (κ2) is 7.27. The summed E-state index contributed by atoms with van der Waals surface area (Å²) in [7, 11) is 0. The lowest BCUT2D eigenvalue weighted by Crippen LogP contribution is -2.58. The molecule has 4 aliphatic rings. The van der Waals surface area contributed by atoms with Gasteiger partial charge in [-0.1, -0.05) is 20.8 Å². The number of carboxylic acid groups (broad SMARTS) is 1. The molecule has 0 saturated heterocycles. The molecule has 4 fully saturated rings. The van der Waals surface area contributed by atoms with Crippen molar-refractivity contribution >= 4 is 5.97 Å². The number of aliphatic hydroxyl groups is 2. The molecular weight excluding hydrogens is 352 g/mol. The van der Waals surface area contributed by atoms with Crippen molar-refractivity contribution in [1.82, 2.24) is 0 Å². The second-order valence-electron chi connectivity index (χ2n) is 11.4. The van der Waals surface area contributed by atoms with Gasteiger partial charge in [-0.25, -0.2) is 0 Å². The Morgan fingerprint density at radius 3 is 2.39 bits per heavy atom. The third-order valence-corrected chi connectivity index (χ3v) is 10.2. The van der Waals surface area contributed by atoms with Crippen LogP contribution in [0.25, 0.3) is 0 Å². The molecule has 160 valence electrons. The number of aliphatic carboxylic acids is 1. The summed E-state index contributed by atoms with van der Waals surface area (Å²) in [5.41, 5.74) is 0.523. The Balaban J connectivity index is 1.55. The first-order chi connectivity index (χ1) is 13.2. The number of rotatable bonds is 4. The zero-order valence-electron chi connectivity index (χ0n) is 17.9. The highest BCUT2D eigenvalue weighted by Gasteiger charge is 2.62. The van der Waals surface area contributed by atoms with E-state index in [1.807, 2.05) is 0 Å². The highest BCUT2D eigenvalue weighted by atomic mass is 16.4. The Morgan fingerprint density at radius 1 is 1.00 bits per heavy atom. The molecule has 4 heteroatoms. The quantitative estimate of drug-likeness (QED) is 0.659. The fourth-order valence-corrected chi connectivity index (χ4v) is 8.73. The number of carbonyl (C=O) groups is 1. The number of hydrogen-bond acceptors (Lipinski definition) is 3. The molecule has 4 nitrogen and oxygen atoms in total. The van der Waals surface area contributed by atoms with Crippen LogP contribution < -0.4 is 0 Å². The van der Waals surface area contributed by atoms with Crippen molar-refractivity contribution in [3.05, 3.63) is 0 Å². The average Bonchev–Trinajstić information content (AvgIpc) is 2.98. The fraction of sp³-hybridized carbons (Fsp3) is 0.958. The summed E-state index contributed by atoms with van der Waals surface area (Å²) in [5, 5.41) is 30.5. The average molecular weight is 393 g/mol. The highest BCUT2D eigenvalue weighted by Crippen LogP contribution is 2.68. The molecule has 0 amide bonds. The van der Waals surface area contributed by atoms with Crippen molar-refractivity contribution in [2.75, 3.05) is 0 Å². The molecule has 0 bridgehead atoms. The Morgan fingerprint density at radius 2 is 1.68 bits per heavy atom. The zero-order chi connectivity index (χ0) is 20.3. The van der Waals surface area contributed by atoms with Crippen molar-refractivity contribution in [2.45, 2.75) is 97.2 Å². The molecule has 0 radical (unpaired) electrons.